The highest BCUT2D eigenvalue weighted by molar-refractivity contribution is 5.85. The summed E-state index contributed by atoms with van der Waals surface area (Å²) < 4.78 is 47.9. The summed E-state index contributed by atoms with van der Waals surface area (Å²) in [6.07, 6.45) is 0.735. The van der Waals surface area contributed by atoms with E-state index in [1.165, 1.54) is 24.5 Å². The number of hydrogen-bond acceptors (Lipinski definition) is 5. The van der Waals surface area contributed by atoms with E-state index in [1.54, 1.807) is 12.3 Å². The van der Waals surface area contributed by atoms with Gasteiger partial charge >= 0.3 is 0 Å². The van der Waals surface area contributed by atoms with Crippen molar-refractivity contribution < 1.29 is 17.9 Å². The van der Waals surface area contributed by atoms with Gasteiger partial charge in [0.25, 0.3) is 0 Å². The topological polar surface area (TPSA) is 75.7 Å². The van der Waals surface area contributed by atoms with E-state index in [0.717, 1.165) is 5.39 Å². The van der Waals surface area contributed by atoms with Gasteiger partial charge in [0.1, 0.15) is 24.1 Å². The SMILES string of the molecule is Fc1ccccc1C(F)COC1CC[C@H](Nc2ncnc3[nH]ncc23)CC1F. The van der Waals surface area contributed by atoms with Crippen molar-refractivity contribution in [3.05, 3.63) is 48.2 Å². The van der Waals surface area contributed by atoms with Crippen LogP contribution in [0.15, 0.2) is 36.8 Å². The molecule has 0 bridgehead atoms. The standard InChI is InChI=1S/C19H20F3N5O/c20-14-4-2-1-3-12(14)16(22)9-28-17-6-5-11(7-15(17)21)26-18-13-8-25-27-19(13)24-10-23-18/h1-4,8,10-11,15-17H,5-7,9H2,(H2,23,24,25,26,27)/t11-,15?,16?,17?/m0/s1. The Morgan fingerprint density at radius 1 is 1.25 bits per heavy atom. The number of nitrogens with one attached hydrogen (secondary N) is 2. The molecule has 1 aromatic carbocycles. The monoisotopic (exact) mass is 391 g/mol. The van der Waals surface area contributed by atoms with Crippen molar-refractivity contribution in [3.8, 4) is 0 Å². The van der Waals surface area contributed by atoms with E-state index < -0.39 is 24.3 Å². The Balaban J connectivity index is 1.31. The van der Waals surface area contributed by atoms with Crippen molar-refractivity contribution in [2.45, 2.75) is 43.8 Å². The molecule has 0 radical (unpaired) electrons. The molecule has 6 nitrogen and oxygen atoms in total. The molecule has 1 fully saturated rings. The van der Waals surface area contributed by atoms with Crippen molar-refractivity contribution >= 4 is 16.9 Å². The van der Waals surface area contributed by atoms with Crippen LogP contribution in [0, 0.1) is 5.82 Å². The van der Waals surface area contributed by atoms with E-state index in [2.05, 4.69) is 25.5 Å². The summed E-state index contributed by atoms with van der Waals surface area (Å²) in [5.41, 5.74) is 0.537. The quantitative estimate of drug-likeness (QED) is 0.667. The third-order valence-electron chi connectivity index (χ3n) is 5.00. The first-order valence-corrected chi connectivity index (χ1v) is 9.16. The summed E-state index contributed by atoms with van der Waals surface area (Å²) in [6, 6.07) is 5.49. The van der Waals surface area contributed by atoms with Gasteiger partial charge in [0.15, 0.2) is 11.8 Å². The molecule has 0 aliphatic heterocycles. The van der Waals surface area contributed by atoms with Gasteiger partial charge in [0, 0.05) is 18.0 Å². The smallest absolute Gasteiger partial charge is 0.160 e. The molecule has 4 rings (SSSR count). The zero-order valence-corrected chi connectivity index (χ0v) is 15.0. The fraction of sp³-hybridized carbons (Fsp3) is 0.421. The number of ether oxygens (including phenoxy) is 1. The van der Waals surface area contributed by atoms with Gasteiger partial charge < -0.3 is 10.1 Å². The maximum Gasteiger partial charge on any atom is 0.160 e. The molecular weight excluding hydrogens is 371 g/mol. The minimum Gasteiger partial charge on any atom is -0.372 e. The second kappa shape index (κ2) is 8.14. The number of aromatic nitrogens is 4. The maximum absolute atomic E-state index is 14.6. The van der Waals surface area contributed by atoms with Crippen LogP contribution < -0.4 is 5.32 Å². The van der Waals surface area contributed by atoms with Gasteiger partial charge in [-0.05, 0) is 18.9 Å². The molecule has 1 aliphatic carbocycles. The summed E-state index contributed by atoms with van der Waals surface area (Å²) in [5, 5.41) is 10.7. The predicted octanol–water partition coefficient (Wildman–Crippen LogP) is 3.89. The molecule has 2 aromatic heterocycles. The first-order chi connectivity index (χ1) is 13.6. The highest BCUT2D eigenvalue weighted by Gasteiger charge is 2.32. The molecule has 9 heteroatoms. The molecule has 3 unspecified atom stereocenters. The van der Waals surface area contributed by atoms with Gasteiger partial charge in [-0.15, -0.1) is 0 Å². The van der Waals surface area contributed by atoms with E-state index in [4.69, 9.17) is 4.74 Å². The van der Waals surface area contributed by atoms with Gasteiger partial charge in [-0.25, -0.2) is 23.1 Å². The normalized spacial score (nSPS) is 23.6. The minimum absolute atomic E-state index is 0.0684. The third kappa shape index (κ3) is 3.94. The van der Waals surface area contributed by atoms with Crippen molar-refractivity contribution in [1.82, 2.24) is 20.2 Å². The number of fused-ring (bicyclic) bond motifs is 1. The minimum atomic E-state index is -1.63. The van der Waals surface area contributed by atoms with Crippen LogP contribution in [0.5, 0.6) is 0 Å². The molecule has 0 saturated heterocycles. The molecule has 2 N–H and O–H groups in total. The Bertz CT molecular complexity index is 937. The molecule has 1 aliphatic rings. The van der Waals surface area contributed by atoms with E-state index in [9.17, 15) is 13.2 Å². The van der Waals surface area contributed by atoms with Crippen LogP contribution in [0.3, 0.4) is 0 Å². The highest BCUT2D eigenvalue weighted by atomic mass is 19.1. The number of rotatable bonds is 6. The van der Waals surface area contributed by atoms with E-state index in [1.807, 2.05) is 0 Å². The zero-order chi connectivity index (χ0) is 19.5. The Labute approximate surface area is 159 Å². The number of hydrogen-bond donors (Lipinski definition) is 2. The van der Waals surface area contributed by atoms with Gasteiger partial charge in [-0.2, -0.15) is 5.10 Å². The van der Waals surface area contributed by atoms with Crippen LogP contribution in [0.25, 0.3) is 11.0 Å². The predicted molar refractivity (Wildman–Crippen MR) is 97.8 cm³/mol. The maximum atomic E-state index is 14.6. The molecule has 3 aromatic rings. The van der Waals surface area contributed by atoms with Crippen molar-refractivity contribution in [2.75, 3.05) is 11.9 Å². The number of alkyl halides is 2. The van der Waals surface area contributed by atoms with Crippen molar-refractivity contribution in [2.24, 2.45) is 0 Å². The van der Waals surface area contributed by atoms with Gasteiger partial charge in [0.05, 0.1) is 24.3 Å². The molecule has 2 heterocycles. The van der Waals surface area contributed by atoms with E-state index in [0.29, 0.717) is 24.3 Å². The van der Waals surface area contributed by atoms with Crippen molar-refractivity contribution in [1.29, 1.82) is 0 Å². The molecule has 1 saturated carbocycles. The fourth-order valence-corrected chi connectivity index (χ4v) is 3.51. The highest BCUT2D eigenvalue weighted by Crippen LogP contribution is 2.29. The lowest BCUT2D eigenvalue weighted by molar-refractivity contribution is -0.0459. The average Bonchev–Trinajstić information content (AvgIpc) is 3.17. The lowest BCUT2D eigenvalue weighted by Gasteiger charge is -2.32. The van der Waals surface area contributed by atoms with Crippen molar-refractivity contribution in [3.63, 3.8) is 0 Å². The summed E-state index contributed by atoms with van der Waals surface area (Å²) in [4.78, 5) is 8.27. The average molecular weight is 391 g/mol. The Hall–Kier alpha value is -2.68. The summed E-state index contributed by atoms with van der Waals surface area (Å²) in [7, 11) is 0. The van der Waals surface area contributed by atoms with Gasteiger partial charge in [0.2, 0.25) is 0 Å². The Kier molecular flexibility index (Phi) is 5.43. The van der Waals surface area contributed by atoms with Crippen LogP contribution in [0.1, 0.15) is 31.0 Å². The lowest BCUT2D eigenvalue weighted by atomic mass is 9.91. The molecule has 0 amide bonds. The first-order valence-electron chi connectivity index (χ1n) is 9.16. The van der Waals surface area contributed by atoms with E-state index in [-0.39, 0.29) is 24.6 Å². The van der Waals surface area contributed by atoms with Crippen LogP contribution >= 0.6 is 0 Å². The first kappa shape index (κ1) is 18.7. The number of nitrogens with zero attached hydrogens (tertiary/aromatic N) is 3. The number of aromatic amines is 1. The molecular formula is C19H20F3N5O. The van der Waals surface area contributed by atoms with Crippen LogP contribution in [-0.2, 0) is 4.74 Å². The van der Waals surface area contributed by atoms with Crippen LogP contribution in [-0.4, -0.2) is 45.1 Å². The van der Waals surface area contributed by atoms with E-state index >= 15 is 0 Å². The summed E-state index contributed by atoms with van der Waals surface area (Å²) in [6.45, 7) is -0.369. The molecule has 148 valence electrons. The second-order valence-corrected chi connectivity index (χ2v) is 6.89. The van der Waals surface area contributed by atoms with Crippen LogP contribution in [0.4, 0.5) is 19.0 Å². The Morgan fingerprint density at radius 3 is 2.93 bits per heavy atom. The third-order valence-corrected chi connectivity index (χ3v) is 5.00. The summed E-state index contributed by atoms with van der Waals surface area (Å²) >= 11 is 0. The largest absolute Gasteiger partial charge is 0.372 e. The number of benzene rings is 1. The molecule has 4 atom stereocenters. The van der Waals surface area contributed by atoms with Gasteiger partial charge in [-0.1, -0.05) is 18.2 Å². The van der Waals surface area contributed by atoms with Crippen LogP contribution in [0.2, 0.25) is 0 Å². The number of halogens is 3. The molecule has 0 spiro atoms. The zero-order valence-electron chi connectivity index (χ0n) is 15.0. The number of anilines is 1. The summed E-state index contributed by atoms with van der Waals surface area (Å²) in [5.74, 6) is -0.0302. The molecule has 28 heavy (non-hydrogen) atoms. The second-order valence-electron chi connectivity index (χ2n) is 6.89. The van der Waals surface area contributed by atoms with Gasteiger partial charge in [-0.3, -0.25) is 5.10 Å². The Morgan fingerprint density at radius 2 is 2.11 bits per heavy atom. The fourth-order valence-electron chi connectivity index (χ4n) is 3.51. The lowest BCUT2D eigenvalue weighted by Crippen LogP contribution is -2.39. The number of H-pyrrole nitrogens is 1.